The lowest BCUT2D eigenvalue weighted by Gasteiger charge is -2.45. The van der Waals surface area contributed by atoms with Gasteiger partial charge in [0.15, 0.2) is 0 Å². The molecule has 2 aromatic carbocycles. The van der Waals surface area contributed by atoms with Gasteiger partial charge in [-0.1, -0.05) is 93.6 Å². The second-order valence-corrected chi connectivity index (χ2v) is 14.9. The lowest BCUT2D eigenvalue weighted by Crippen LogP contribution is -2.60. The van der Waals surface area contributed by atoms with E-state index in [-0.39, 0.29) is 29.7 Å². The summed E-state index contributed by atoms with van der Waals surface area (Å²) in [5.41, 5.74) is -1.71. The molecule has 3 amide bonds. The van der Waals surface area contributed by atoms with E-state index in [2.05, 4.69) is 34.6 Å². The number of para-hydroxylation sites is 1. The zero-order valence-electron chi connectivity index (χ0n) is 27.1. The molecular weight excluding hydrogens is 566 g/mol. The molecule has 4 aliphatic rings. The van der Waals surface area contributed by atoms with Crippen molar-refractivity contribution >= 4 is 23.4 Å². The van der Waals surface area contributed by atoms with Gasteiger partial charge in [0.05, 0.1) is 30.1 Å². The molecule has 2 fully saturated rings. The maximum absolute atomic E-state index is 15.1. The zero-order valence-corrected chi connectivity index (χ0v) is 27.1. The van der Waals surface area contributed by atoms with Crippen molar-refractivity contribution in [1.29, 1.82) is 0 Å². The van der Waals surface area contributed by atoms with Gasteiger partial charge in [-0.2, -0.15) is 0 Å². The Bertz CT molecular complexity index is 1530. The van der Waals surface area contributed by atoms with Crippen molar-refractivity contribution in [3.63, 3.8) is 0 Å². The highest BCUT2D eigenvalue weighted by molar-refractivity contribution is 6.04. The number of hydrogen-bond acceptors (Lipinski definition) is 5. The van der Waals surface area contributed by atoms with E-state index in [0.717, 1.165) is 12.1 Å². The lowest BCUT2D eigenvalue weighted by molar-refractivity contribution is -0.158. The molecule has 1 N–H and O–H groups in total. The first-order chi connectivity index (χ1) is 21.2. The number of amides is 3. The van der Waals surface area contributed by atoms with E-state index in [4.69, 9.17) is 4.74 Å². The fourth-order valence-corrected chi connectivity index (χ4v) is 8.60. The molecule has 4 heterocycles. The van der Waals surface area contributed by atoms with E-state index in [1.807, 2.05) is 96.8 Å². The van der Waals surface area contributed by atoms with Crippen LogP contribution < -0.4 is 4.90 Å². The first kappa shape index (κ1) is 31.2. The molecule has 45 heavy (non-hydrogen) atoms. The average molecular weight is 612 g/mol. The van der Waals surface area contributed by atoms with Gasteiger partial charge >= 0.3 is 0 Å². The summed E-state index contributed by atoms with van der Waals surface area (Å²) in [7, 11) is 0. The van der Waals surface area contributed by atoms with Gasteiger partial charge in [0.25, 0.3) is 0 Å². The number of nitrogens with zero attached hydrogens (tertiary/aromatic N) is 3. The monoisotopic (exact) mass is 611 g/mol. The molecule has 8 nitrogen and oxygen atoms in total. The Morgan fingerprint density at radius 2 is 1.47 bits per heavy atom. The highest BCUT2D eigenvalue weighted by atomic mass is 16.5. The number of aliphatic hydroxyl groups is 1. The SMILES string of the molecule is CC(C)(C)CC(C)(C)N1CC=C[C@]23O[C@@]4(C)C=CCN(c5ccccc5)C(=O)[C@H]4[C@H]2C(=O)N([C@H](CO)c2ccccc2)C3C1=O. The van der Waals surface area contributed by atoms with Crippen molar-refractivity contribution in [3.8, 4) is 0 Å². The summed E-state index contributed by atoms with van der Waals surface area (Å²) < 4.78 is 7.03. The van der Waals surface area contributed by atoms with E-state index < -0.39 is 40.7 Å². The summed E-state index contributed by atoms with van der Waals surface area (Å²) in [5.74, 6) is -2.69. The van der Waals surface area contributed by atoms with E-state index in [1.54, 1.807) is 4.90 Å². The van der Waals surface area contributed by atoms with Gasteiger partial charge in [0, 0.05) is 24.3 Å². The Labute approximate surface area is 266 Å². The minimum Gasteiger partial charge on any atom is -0.394 e. The second-order valence-electron chi connectivity index (χ2n) is 14.9. The second kappa shape index (κ2) is 11.0. The van der Waals surface area contributed by atoms with Crippen LogP contribution >= 0.6 is 0 Å². The van der Waals surface area contributed by atoms with Crippen LogP contribution in [-0.2, 0) is 19.1 Å². The van der Waals surface area contributed by atoms with Crippen LogP contribution in [0.3, 0.4) is 0 Å². The fourth-order valence-electron chi connectivity index (χ4n) is 8.60. The van der Waals surface area contributed by atoms with Crippen molar-refractivity contribution in [1.82, 2.24) is 9.80 Å². The molecule has 0 saturated carbocycles. The van der Waals surface area contributed by atoms with Crippen LogP contribution in [0.5, 0.6) is 0 Å². The predicted octanol–water partition coefficient (Wildman–Crippen LogP) is 4.91. The molecule has 8 heteroatoms. The third kappa shape index (κ3) is 5.03. The number of carbonyl (C=O) groups excluding carboxylic acids is 3. The molecule has 2 saturated heterocycles. The van der Waals surface area contributed by atoms with Crippen molar-refractivity contribution < 1.29 is 24.2 Å². The van der Waals surface area contributed by atoms with Gasteiger partial charge in [-0.3, -0.25) is 14.4 Å². The summed E-state index contributed by atoms with van der Waals surface area (Å²) in [6, 6.07) is 16.8. The van der Waals surface area contributed by atoms with Crippen molar-refractivity contribution in [2.45, 2.75) is 76.8 Å². The van der Waals surface area contributed by atoms with Gasteiger partial charge in [-0.25, -0.2) is 0 Å². The maximum Gasteiger partial charge on any atom is 0.249 e. The fraction of sp³-hybridized carbons (Fsp3) is 0.486. The van der Waals surface area contributed by atoms with Crippen molar-refractivity contribution in [2.75, 3.05) is 24.6 Å². The average Bonchev–Trinajstić information content (AvgIpc) is 3.24. The quantitative estimate of drug-likeness (QED) is 0.469. The van der Waals surface area contributed by atoms with Crippen LogP contribution in [0, 0.1) is 17.3 Å². The largest absolute Gasteiger partial charge is 0.394 e. The van der Waals surface area contributed by atoms with E-state index in [0.29, 0.717) is 18.7 Å². The van der Waals surface area contributed by atoms with Gasteiger partial charge < -0.3 is 24.5 Å². The molecule has 4 aliphatic heterocycles. The Hall–Kier alpha value is -3.75. The van der Waals surface area contributed by atoms with Gasteiger partial charge in [-0.15, -0.1) is 0 Å². The minimum atomic E-state index is -1.41. The molecule has 0 bridgehead atoms. The van der Waals surface area contributed by atoms with Crippen LogP contribution in [0.2, 0.25) is 0 Å². The Kier molecular flexibility index (Phi) is 7.60. The lowest BCUT2D eigenvalue weighted by atomic mass is 9.74. The van der Waals surface area contributed by atoms with E-state index in [9.17, 15) is 14.7 Å². The molecule has 1 spiro atoms. The highest BCUT2D eigenvalue weighted by Crippen LogP contribution is 2.59. The Morgan fingerprint density at radius 3 is 2.09 bits per heavy atom. The molecule has 1 unspecified atom stereocenters. The molecule has 0 aliphatic carbocycles. The predicted molar refractivity (Wildman–Crippen MR) is 173 cm³/mol. The summed E-state index contributed by atoms with van der Waals surface area (Å²) in [6.45, 7) is 12.7. The molecule has 6 atom stereocenters. The minimum absolute atomic E-state index is 0.0640. The summed E-state index contributed by atoms with van der Waals surface area (Å²) in [6.07, 6.45) is 8.35. The van der Waals surface area contributed by atoms with Crippen LogP contribution in [0.4, 0.5) is 5.69 Å². The van der Waals surface area contributed by atoms with E-state index in [1.165, 1.54) is 4.90 Å². The van der Waals surface area contributed by atoms with Gasteiger partial charge in [0.1, 0.15) is 11.6 Å². The molecular formula is C37H45N3O5. The van der Waals surface area contributed by atoms with Crippen LogP contribution in [0.15, 0.2) is 85.0 Å². The Morgan fingerprint density at radius 1 is 0.844 bits per heavy atom. The number of hydrogen-bond donors (Lipinski definition) is 1. The third-order valence-corrected chi connectivity index (χ3v) is 9.95. The molecule has 0 radical (unpaired) electrons. The smallest absolute Gasteiger partial charge is 0.249 e. The zero-order chi connectivity index (χ0) is 32.4. The number of carbonyl (C=O) groups is 3. The first-order valence-corrected chi connectivity index (χ1v) is 16.0. The van der Waals surface area contributed by atoms with Crippen LogP contribution in [-0.4, -0.2) is 75.1 Å². The summed E-state index contributed by atoms with van der Waals surface area (Å²) >= 11 is 0. The van der Waals surface area contributed by atoms with Crippen LogP contribution in [0.1, 0.15) is 59.6 Å². The third-order valence-electron chi connectivity index (χ3n) is 9.95. The number of anilines is 1. The number of ether oxygens (including phenoxy) is 1. The summed E-state index contributed by atoms with van der Waals surface area (Å²) in [5, 5.41) is 10.9. The normalized spacial score (nSPS) is 30.6. The molecule has 0 aromatic heterocycles. The molecule has 6 rings (SSSR count). The highest BCUT2D eigenvalue weighted by Gasteiger charge is 2.75. The number of likely N-dealkylation sites (tertiary alicyclic amines) is 1. The number of rotatable bonds is 6. The van der Waals surface area contributed by atoms with E-state index >= 15 is 4.79 Å². The number of benzene rings is 2. The Balaban J connectivity index is 1.52. The van der Waals surface area contributed by atoms with Crippen LogP contribution in [0.25, 0.3) is 0 Å². The number of fused-ring (bicyclic) bond motifs is 2. The van der Waals surface area contributed by atoms with Gasteiger partial charge in [-0.05, 0) is 50.3 Å². The maximum atomic E-state index is 15.1. The standard InChI is InChI=1S/C37H45N3O5/c1-34(2,3)24-35(4,5)39-22-14-20-37-29(32(43)40(30(37)33(39)44)27(23-41)25-15-9-7-10-16-25)28-31(42)38(26-17-11-8-12-18-26)21-13-19-36(28,6)45-37/h7-20,27-30,41H,21-24H2,1-6H3/t27-,28-,29+,30?,36+,37+/m1/s1. The van der Waals surface area contributed by atoms with Gasteiger partial charge in [0.2, 0.25) is 17.7 Å². The first-order valence-electron chi connectivity index (χ1n) is 16.0. The molecule has 2 aromatic rings. The topological polar surface area (TPSA) is 90.4 Å². The molecule has 238 valence electrons. The summed E-state index contributed by atoms with van der Waals surface area (Å²) in [4.78, 5) is 49.8. The van der Waals surface area contributed by atoms with Crippen molar-refractivity contribution in [3.05, 3.63) is 90.5 Å². The number of aliphatic hydroxyl groups excluding tert-OH is 1. The van der Waals surface area contributed by atoms with Crippen molar-refractivity contribution in [2.24, 2.45) is 17.3 Å².